The SMILES string of the molecule is O=C(Cc1ccc(Br)cc1)NCCCCN1CCCC2=C[C@H]3C[C@H](CN4CCCC[C@H]34)[C@@H]21. The second kappa shape index (κ2) is 10.4. The van der Waals surface area contributed by atoms with Crippen molar-refractivity contribution in [1.82, 2.24) is 15.1 Å². The summed E-state index contributed by atoms with van der Waals surface area (Å²) in [5.74, 6) is 1.79. The van der Waals surface area contributed by atoms with Gasteiger partial charge in [-0.15, -0.1) is 0 Å². The highest BCUT2D eigenvalue weighted by atomic mass is 79.9. The standard InChI is InChI=1S/C27H38BrN3O/c28-24-10-8-20(9-11-24)16-26(32)29-12-2-4-13-30-15-5-6-21-17-22-18-23(27(21)30)19-31-14-3-1-7-25(22)31/h8-11,17,22-23,25,27H,1-7,12-16,18-19H2,(H,29,32)/t22-,23+,25+,27+/m0/s1. The Kier molecular flexibility index (Phi) is 7.35. The van der Waals surface area contributed by atoms with Crippen LogP contribution in [0.5, 0.6) is 0 Å². The normalized spacial score (nSPS) is 30.2. The first-order chi connectivity index (χ1) is 15.7. The average Bonchev–Trinajstić information content (AvgIpc) is 2.80. The summed E-state index contributed by atoms with van der Waals surface area (Å²) < 4.78 is 1.05. The molecule has 0 saturated carbocycles. The van der Waals surface area contributed by atoms with Crippen LogP contribution in [-0.2, 0) is 11.2 Å². The number of nitrogens with zero attached hydrogens (tertiary/aromatic N) is 2. The number of unbranched alkanes of at least 4 members (excludes halogenated alkanes) is 1. The molecule has 3 aliphatic heterocycles. The van der Waals surface area contributed by atoms with E-state index in [1.807, 2.05) is 24.3 Å². The van der Waals surface area contributed by atoms with Gasteiger partial charge in [0.2, 0.25) is 5.91 Å². The number of hydrogen-bond acceptors (Lipinski definition) is 3. The van der Waals surface area contributed by atoms with Crippen molar-refractivity contribution in [2.75, 3.05) is 32.7 Å². The van der Waals surface area contributed by atoms with E-state index in [2.05, 4.69) is 37.1 Å². The highest BCUT2D eigenvalue weighted by Gasteiger charge is 2.45. The molecule has 32 heavy (non-hydrogen) atoms. The summed E-state index contributed by atoms with van der Waals surface area (Å²) in [5, 5.41) is 3.12. The lowest BCUT2D eigenvalue weighted by Crippen LogP contribution is -2.59. The van der Waals surface area contributed by atoms with Gasteiger partial charge in [0.05, 0.1) is 6.42 Å². The van der Waals surface area contributed by atoms with Crippen LogP contribution in [0.2, 0.25) is 0 Å². The predicted octanol–water partition coefficient (Wildman–Crippen LogP) is 4.78. The minimum Gasteiger partial charge on any atom is -0.356 e. The summed E-state index contributed by atoms with van der Waals surface area (Å²) in [6.45, 7) is 5.87. The molecular weight excluding hydrogens is 462 g/mol. The van der Waals surface area contributed by atoms with Crippen molar-refractivity contribution in [1.29, 1.82) is 0 Å². The minimum absolute atomic E-state index is 0.132. The number of carbonyl (C=O) groups excluding carboxylic acids is 1. The van der Waals surface area contributed by atoms with Crippen LogP contribution < -0.4 is 5.32 Å². The maximum Gasteiger partial charge on any atom is 0.224 e. The lowest BCUT2D eigenvalue weighted by atomic mass is 9.68. The first-order valence-corrected chi connectivity index (χ1v) is 13.7. The molecule has 3 saturated heterocycles. The number of piperidine rings is 3. The van der Waals surface area contributed by atoms with Gasteiger partial charge in [0.1, 0.15) is 0 Å². The fourth-order valence-corrected chi connectivity index (χ4v) is 7.12. The number of amides is 1. The predicted molar refractivity (Wildman–Crippen MR) is 134 cm³/mol. The highest BCUT2D eigenvalue weighted by Crippen LogP contribution is 2.44. The lowest BCUT2D eigenvalue weighted by Gasteiger charge is -2.55. The maximum atomic E-state index is 12.2. The summed E-state index contributed by atoms with van der Waals surface area (Å²) in [4.78, 5) is 17.9. The zero-order valence-electron chi connectivity index (χ0n) is 19.3. The van der Waals surface area contributed by atoms with Gasteiger partial charge in [-0.1, -0.05) is 46.1 Å². The number of fused-ring (bicyclic) bond motifs is 6. The van der Waals surface area contributed by atoms with Crippen LogP contribution >= 0.6 is 15.9 Å². The van der Waals surface area contributed by atoms with Gasteiger partial charge in [-0.25, -0.2) is 0 Å². The summed E-state index contributed by atoms with van der Waals surface area (Å²) >= 11 is 3.44. The van der Waals surface area contributed by atoms with Crippen LogP contribution in [0, 0.1) is 11.8 Å². The van der Waals surface area contributed by atoms with Gasteiger partial charge in [0.25, 0.3) is 0 Å². The molecule has 5 rings (SSSR count). The molecule has 3 fully saturated rings. The lowest BCUT2D eigenvalue weighted by molar-refractivity contribution is -0.120. The van der Waals surface area contributed by atoms with Gasteiger partial charge in [-0.05, 0) is 94.1 Å². The van der Waals surface area contributed by atoms with Crippen molar-refractivity contribution in [3.63, 3.8) is 0 Å². The second-order valence-corrected chi connectivity index (χ2v) is 11.3. The molecule has 4 aliphatic rings. The molecule has 1 aromatic rings. The van der Waals surface area contributed by atoms with Crippen molar-refractivity contribution in [2.24, 2.45) is 11.8 Å². The smallest absolute Gasteiger partial charge is 0.224 e. The molecule has 2 bridgehead atoms. The molecule has 0 radical (unpaired) electrons. The highest BCUT2D eigenvalue weighted by molar-refractivity contribution is 9.10. The third-order valence-electron chi connectivity index (χ3n) is 8.23. The Morgan fingerprint density at radius 2 is 1.97 bits per heavy atom. The van der Waals surface area contributed by atoms with E-state index in [1.54, 1.807) is 5.57 Å². The molecule has 0 spiro atoms. The Morgan fingerprint density at radius 1 is 1.09 bits per heavy atom. The summed E-state index contributed by atoms with van der Waals surface area (Å²) in [5.41, 5.74) is 2.84. The summed E-state index contributed by atoms with van der Waals surface area (Å²) in [6.07, 6.45) is 13.7. The number of likely N-dealkylation sites (tertiary alicyclic amines) is 1. The fourth-order valence-electron chi connectivity index (χ4n) is 6.85. The molecular formula is C27H38BrN3O. The maximum absolute atomic E-state index is 12.2. The largest absolute Gasteiger partial charge is 0.356 e. The number of benzene rings is 1. The van der Waals surface area contributed by atoms with Crippen LogP contribution in [0.25, 0.3) is 0 Å². The molecule has 1 aliphatic carbocycles. The summed E-state index contributed by atoms with van der Waals surface area (Å²) in [7, 11) is 0. The van der Waals surface area contributed by atoms with E-state index in [-0.39, 0.29) is 5.91 Å². The van der Waals surface area contributed by atoms with Gasteiger partial charge in [0, 0.05) is 29.6 Å². The zero-order valence-corrected chi connectivity index (χ0v) is 20.9. The van der Waals surface area contributed by atoms with Crippen LogP contribution in [0.4, 0.5) is 0 Å². The monoisotopic (exact) mass is 499 g/mol. The van der Waals surface area contributed by atoms with Crippen molar-refractivity contribution in [2.45, 2.75) is 69.9 Å². The number of hydrogen-bond donors (Lipinski definition) is 1. The number of nitrogens with one attached hydrogen (secondary N) is 1. The topological polar surface area (TPSA) is 35.6 Å². The van der Waals surface area contributed by atoms with Crippen molar-refractivity contribution >= 4 is 21.8 Å². The van der Waals surface area contributed by atoms with Crippen LogP contribution in [-0.4, -0.2) is 60.5 Å². The van der Waals surface area contributed by atoms with E-state index >= 15 is 0 Å². The van der Waals surface area contributed by atoms with E-state index in [9.17, 15) is 4.79 Å². The average molecular weight is 501 g/mol. The molecule has 4 atom stereocenters. The third kappa shape index (κ3) is 5.15. The molecule has 1 amide bonds. The number of carbonyl (C=O) groups is 1. The Hall–Kier alpha value is -1.17. The Labute approximate surface area is 201 Å². The Morgan fingerprint density at radius 3 is 2.84 bits per heavy atom. The van der Waals surface area contributed by atoms with Crippen LogP contribution in [0.1, 0.15) is 56.9 Å². The van der Waals surface area contributed by atoms with Gasteiger partial charge < -0.3 is 5.32 Å². The van der Waals surface area contributed by atoms with Crippen molar-refractivity contribution in [3.8, 4) is 0 Å². The summed E-state index contributed by atoms with van der Waals surface area (Å²) in [6, 6.07) is 9.54. The quantitative estimate of drug-likeness (QED) is 0.432. The molecule has 1 aromatic carbocycles. The Balaban J connectivity index is 1.09. The molecule has 3 heterocycles. The molecule has 174 valence electrons. The van der Waals surface area contributed by atoms with E-state index in [1.165, 1.54) is 71.1 Å². The van der Waals surface area contributed by atoms with Crippen LogP contribution in [0.15, 0.2) is 40.4 Å². The minimum atomic E-state index is 0.132. The van der Waals surface area contributed by atoms with Gasteiger partial charge in [0.15, 0.2) is 0 Å². The van der Waals surface area contributed by atoms with Crippen LogP contribution in [0.3, 0.4) is 0 Å². The number of halogens is 1. The van der Waals surface area contributed by atoms with Gasteiger partial charge in [-0.3, -0.25) is 14.6 Å². The van der Waals surface area contributed by atoms with Crippen molar-refractivity contribution < 1.29 is 4.79 Å². The van der Waals surface area contributed by atoms with E-state index < -0.39 is 0 Å². The Bertz CT molecular complexity index is 823. The first kappa shape index (κ1) is 22.6. The third-order valence-corrected chi connectivity index (χ3v) is 8.76. The van der Waals surface area contributed by atoms with E-state index in [4.69, 9.17) is 0 Å². The van der Waals surface area contributed by atoms with E-state index in [0.717, 1.165) is 40.9 Å². The van der Waals surface area contributed by atoms with Crippen molar-refractivity contribution in [3.05, 3.63) is 46.0 Å². The van der Waals surface area contributed by atoms with Gasteiger partial charge >= 0.3 is 0 Å². The molecule has 5 heteroatoms. The first-order valence-electron chi connectivity index (χ1n) is 12.9. The molecule has 0 aromatic heterocycles. The second-order valence-electron chi connectivity index (χ2n) is 10.4. The van der Waals surface area contributed by atoms with Gasteiger partial charge in [-0.2, -0.15) is 0 Å². The zero-order chi connectivity index (χ0) is 21.9. The fraction of sp³-hybridized carbons (Fsp3) is 0.667. The molecule has 4 nitrogen and oxygen atoms in total. The number of rotatable bonds is 7. The van der Waals surface area contributed by atoms with E-state index in [0.29, 0.717) is 12.5 Å². The molecule has 0 unspecified atom stereocenters. The molecule has 1 N–H and O–H groups in total.